The molecule has 1 aromatic heterocycles. The molecule has 1 aliphatic rings. The molecule has 2 heterocycles. The van der Waals surface area contributed by atoms with Gasteiger partial charge in [0, 0.05) is 12.1 Å². The van der Waals surface area contributed by atoms with Crippen LogP contribution in [0.25, 0.3) is 11.4 Å². The molecule has 0 bridgehead atoms. The van der Waals surface area contributed by atoms with Crippen molar-refractivity contribution in [3.8, 4) is 17.1 Å². The van der Waals surface area contributed by atoms with Gasteiger partial charge in [-0.1, -0.05) is 84.6 Å². The molecule has 1 aliphatic heterocycles. The highest BCUT2D eigenvalue weighted by atomic mass is 32.2. The molecule has 0 spiro atoms. The number of fused-ring (bicyclic) bond motifs is 1. The standard InChI is InChI=1S/C25H23N5O2S/c1-32-20-14-12-17(13-15-20)16-26-24(31)22-21(18-8-4-2-5-9-18)29-30-23(27-28-25(30)33-22)19-10-6-3-7-11-19/h2-15,21-22,29H,16H2,1H3,(H,26,31)/t21-,22-/m1/s1. The van der Waals surface area contributed by atoms with Gasteiger partial charge in [0.15, 0.2) is 5.82 Å². The second kappa shape index (κ2) is 9.38. The van der Waals surface area contributed by atoms with Crippen LogP contribution >= 0.6 is 11.8 Å². The normalized spacial score (nSPS) is 17.0. The van der Waals surface area contributed by atoms with Crippen LogP contribution in [0, 0.1) is 0 Å². The topological polar surface area (TPSA) is 81.1 Å². The second-order valence-corrected chi connectivity index (χ2v) is 8.74. The molecule has 8 heteroatoms. The molecule has 2 N–H and O–H groups in total. The van der Waals surface area contributed by atoms with Crippen LogP contribution in [-0.2, 0) is 11.3 Å². The van der Waals surface area contributed by atoms with E-state index in [2.05, 4.69) is 20.9 Å². The van der Waals surface area contributed by atoms with E-state index in [4.69, 9.17) is 4.74 Å². The smallest absolute Gasteiger partial charge is 0.236 e. The number of aromatic nitrogens is 3. The number of rotatable bonds is 6. The Morgan fingerprint density at radius 3 is 2.39 bits per heavy atom. The Morgan fingerprint density at radius 1 is 1.00 bits per heavy atom. The third-order valence-electron chi connectivity index (χ3n) is 5.51. The Labute approximate surface area is 196 Å². The largest absolute Gasteiger partial charge is 0.497 e. The molecule has 2 atom stereocenters. The highest BCUT2D eigenvalue weighted by molar-refractivity contribution is 8.00. The molecule has 0 saturated carbocycles. The lowest BCUT2D eigenvalue weighted by Gasteiger charge is -2.33. The average molecular weight is 458 g/mol. The number of nitrogens with one attached hydrogen (secondary N) is 2. The molecule has 3 aromatic carbocycles. The van der Waals surface area contributed by atoms with Gasteiger partial charge in [-0.3, -0.25) is 4.79 Å². The summed E-state index contributed by atoms with van der Waals surface area (Å²) in [5.41, 5.74) is 6.48. The first-order valence-electron chi connectivity index (χ1n) is 10.6. The average Bonchev–Trinajstić information content (AvgIpc) is 3.31. The lowest BCUT2D eigenvalue weighted by atomic mass is 10.0. The molecule has 0 unspecified atom stereocenters. The Kier molecular flexibility index (Phi) is 5.99. The highest BCUT2D eigenvalue weighted by Crippen LogP contribution is 2.38. The fourth-order valence-corrected chi connectivity index (χ4v) is 4.88. The van der Waals surface area contributed by atoms with Crippen molar-refractivity contribution in [2.24, 2.45) is 0 Å². The molecule has 0 radical (unpaired) electrons. The Morgan fingerprint density at radius 2 is 1.70 bits per heavy atom. The van der Waals surface area contributed by atoms with Crippen molar-refractivity contribution in [1.29, 1.82) is 0 Å². The van der Waals surface area contributed by atoms with Crippen LogP contribution in [0.2, 0.25) is 0 Å². The van der Waals surface area contributed by atoms with Gasteiger partial charge in [-0.15, -0.1) is 10.2 Å². The maximum absolute atomic E-state index is 13.3. The molecule has 33 heavy (non-hydrogen) atoms. The number of hydrogen-bond donors (Lipinski definition) is 2. The second-order valence-electron chi connectivity index (χ2n) is 7.63. The van der Waals surface area contributed by atoms with Crippen LogP contribution in [0.5, 0.6) is 5.75 Å². The van der Waals surface area contributed by atoms with Crippen LogP contribution in [0.4, 0.5) is 0 Å². The summed E-state index contributed by atoms with van der Waals surface area (Å²) >= 11 is 1.42. The van der Waals surface area contributed by atoms with Gasteiger partial charge in [-0.2, -0.15) is 0 Å². The van der Waals surface area contributed by atoms with Crippen molar-refractivity contribution >= 4 is 17.7 Å². The highest BCUT2D eigenvalue weighted by Gasteiger charge is 2.37. The van der Waals surface area contributed by atoms with E-state index in [0.29, 0.717) is 11.7 Å². The number of carbonyl (C=O) groups is 1. The third kappa shape index (κ3) is 4.42. The molecular formula is C25H23N5O2S. The van der Waals surface area contributed by atoms with Crippen molar-refractivity contribution in [3.05, 3.63) is 96.1 Å². The summed E-state index contributed by atoms with van der Waals surface area (Å²) in [6.07, 6.45) is 0. The van der Waals surface area contributed by atoms with Crippen molar-refractivity contribution in [1.82, 2.24) is 20.2 Å². The maximum Gasteiger partial charge on any atom is 0.236 e. The van der Waals surface area contributed by atoms with E-state index in [-0.39, 0.29) is 11.9 Å². The first-order valence-corrected chi connectivity index (χ1v) is 11.5. The fraction of sp³-hybridized carbons (Fsp3) is 0.160. The van der Waals surface area contributed by atoms with E-state index >= 15 is 0 Å². The minimum absolute atomic E-state index is 0.0623. The molecule has 1 amide bonds. The zero-order valence-corrected chi connectivity index (χ0v) is 18.8. The Hall–Kier alpha value is -3.78. The summed E-state index contributed by atoms with van der Waals surface area (Å²) in [5.74, 6) is 1.44. The SMILES string of the molecule is COc1ccc(CNC(=O)[C@@H]2Sc3nnc(-c4ccccc4)n3N[C@@H]2c2ccccc2)cc1. The Bertz CT molecular complexity index is 1230. The molecule has 0 saturated heterocycles. The molecule has 166 valence electrons. The predicted molar refractivity (Wildman–Crippen MR) is 128 cm³/mol. The monoisotopic (exact) mass is 457 g/mol. The number of hydrogen-bond acceptors (Lipinski definition) is 6. The number of methoxy groups -OCH3 is 1. The van der Waals surface area contributed by atoms with Gasteiger partial charge in [0.05, 0.1) is 13.2 Å². The quantitative estimate of drug-likeness (QED) is 0.455. The minimum Gasteiger partial charge on any atom is -0.497 e. The van der Waals surface area contributed by atoms with Gasteiger partial charge in [0.1, 0.15) is 11.0 Å². The van der Waals surface area contributed by atoms with Gasteiger partial charge in [0.2, 0.25) is 11.1 Å². The zero-order valence-electron chi connectivity index (χ0n) is 18.0. The Balaban J connectivity index is 1.41. The first kappa shape index (κ1) is 21.1. The van der Waals surface area contributed by atoms with E-state index in [1.807, 2.05) is 89.6 Å². The fourth-order valence-electron chi connectivity index (χ4n) is 3.77. The summed E-state index contributed by atoms with van der Waals surface area (Å²) in [5, 5.41) is 12.1. The number of carbonyl (C=O) groups excluding carboxylic acids is 1. The molecular weight excluding hydrogens is 434 g/mol. The summed E-state index contributed by atoms with van der Waals surface area (Å²) in [4.78, 5) is 13.3. The minimum atomic E-state index is -0.411. The number of benzene rings is 3. The lowest BCUT2D eigenvalue weighted by Crippen LogP contribution is -2.43. The number of thioether (sulfide) groups is 1. The van der Waals surface area contributed by atoms with Crippen LogP contribution in [0.1, 0.15) is 17.2 Å². The van der Waals surface area contributed by atoms with Gasteiger partial charge < -0.3 is 15.5 Å². The van der Waals surface area contributed by atoms with Crippen LogP contribution in [-0.4, -0.2) is 33.1 Å². The number of amides is 1. The molecule has 5 rings (SSSR count). The molecule has 0 fully saturated rings. The van der Waals surface area contributed by atoms with Gasteiger partial charge in [-0.05, 0) is 23.3 Å². The first-order chi connectivity index (χ1) is 16.2. The van der Waals surface area contributed by atoms with Crippen LogP contribution in [0.3, 0.4) is 0 Å². The summed E-state index contributed by atoms with van der Waals surface area (Å²) < 4.78 is 7.09. The third-order valence-corrected chi connectivity index (χ3v) is 6.73. The summed E-state index contributed by atoms with van der Waals surface area (Å²) in [7, 11) is 1.63. The van der Waals surface area contributed by atoms with Crippen molar-refractivity contribution < 1.29 is 9.53 Å². The van der Waals surface area contributed by atoms with E-state index in [1.165, 1.54) is 11.8 Å². The van der Waals surface area contributed by atoms with E-state index in [9.17, 15) is 4.79 Å². The molecule has 4 aromatic rings. The number of nitrogens with zero attached hydrogens (tertiary/aromatic N) is 3. The maximum atomic E-state index is 13.3. The molecule has 0 aliphatic carbocycles. The lowest BCUT2D eigenvalue weighted by molar-refractivity contribution is -0.121. The van der Waals surface area contributed by atoms with Gasteiger partial charge in [0.25, 0.3) is 0 Å². The van der Waals surface area contributed by atoms with Crippen LogP contribution < -0.4 is 15.5 Å². The van der Waals surface area contributed by atoms with E-state index < -0.39 is 5.25 Å². The van der Waals surface area contributed by atoms with E-state index in [0.717, 1.165) is 28.3 Å². The number of ether oxygens (including phenoxy) is 1. The summed E-state index contributed by atoms with van der Waals surface area (Å²) in [6.45, 7) is 0.434. The predicted octanol–water partition coefficient (Wildman–Crippen LogP) is 4.03. The zero-order chi connectivity index (χ0) is 22.6. The summed E-state index contributed by atoms with van der Waals surface area (Å²) in [6, 6.07) is 27.3. The molecule has 7 nitrogen and oxygen atoms in total. The van der Waals surface area contributed by atoms with Gasteiger partial charge in [-0.25, -0.2) is 4.68 Å². The van der Waals surface area contributed by atoms with Crippen molar-refractivity contribution in [2.75, 3.05) is 12.5 Å². The van der Waals surface area contributed by atoms with Crippen molar-refractivity contribution in [2.45, 2.75) is 23.0 Å². The van der Waals surface area contributed by atoms with Crippen LogP contribution in [0.15, 0.2) is 90.1 Å². The van der Waals surface area contributed by atoms with E-state index in [1.54, 1.807) is 7.11 Å². The van der Waals surface area contributed by atoms with Gasteiger partial charge >= 0.3 is 0 Å². The van der Waals surface area contributed by atoms with Crippen molar-refractivity contribution in [3.63, 3.8) is 0 Å².